The molecule has 1 N–H and O–H groups in total. The van der Waals surface area contributed by atoms with Crippen LogP contribution in [0.3, 0.4) is 0 Å². The van der Waals surface area contributed by atoms with Gasteiger partial charge < -0.3 is 4.98 Å². The fourth-order valence-corrected chi connectivity index (χ4v) is 4.86. The van der Waals surface area contributed by atoms with Crippen LogP contribution in [0.5, 0.6) is 0 Å². The second-order valence-electron chi connectivity index (χ2n) is 6.77. The molecule has 0 spiro atoms. The molecular formula is C25H16INO. The molecule has 0 unspecified atom stereocenters. The molecule has 0 bridgehead atoms. The zero-order chi connectivity index (χ0) is 19.1. The number of H-pyrrole nitrogens is 1. The summed E-state index contributed by atoms with van der Waals surface area (Å²) in [7, 11) is 0. The van der Waals surface area contributed by atoms with Crippen LogP contribution in [0.25, 0.3) is 43.9 Å². The Morgan fingerprint density at radius 3 is 1.89 bits per heavy atom. The molecule has 0 aliphatic carbocycles. The Bertz CT molecular complexity index is 1370. The maximum absolute atomic E-state index is 13.1. The Morgan fingerprint density at radius 1 is 0.643 bits per heavy atom. The fraction of sp³-hybridized carbons (Fsp3) is 0. The van der Waals surface area contributed by atoms with Gasteiger partial charge in [-0.1, -0.05) is 84.9 Å². The Kier molecular flexibility index (Phi) is 4.24. The van der Waals surface area contributed by atoms with E-state index < -0.39 is 0 Å². The molecule has 0 aliphatic rings. The van der Waals surface area contributed by atoms with Gasteiger partial charge in [0.25, 0.3) is 5.56 Å². The van der Waals surface area contributed by atoms with E-state index in [4.69, 9.17) is 0 Å². The predicted molar refractivity (Wildman–Crippen MR) is 126 cm³/mol. The van der Waals surface area contributed by atoms with Crippen LogP contribution in [0.4, 0.5) is 0 Å². The van der Waals surface area contributed by atoms with Crippen molar-refractivity contribution in [1.82, 2.24) is 4.98 Å². The van der Waals surface area contributed by atoms with Crippen LogP contribution < -0.4 is 5.56 Å². The maximum Gasteiger partial charge on any atom is 0.256 e. The van der Waals surface area contributed by atoms with E-state index in [1.807, 2.05) is 54.6 Å². The quantitative estimate of drug-likeness (QED) is 0.227. The number of pyridine rings is 1. The summed E-state index contributed by atoms with van der Waals surface area (Å²) in [4.78, 5) is 16.2. The summed E-state index contributed by atoms with van der Waals surface area (Å²) in [6, 6.07) is 30.6. The van der Waals surface area contributed by atoms with E-state index in [1.165, 1.54) is 5.56 Å². The third-order valence-electron chi connectivity index (χ3n) is 5.10. The number of hydrogen-bond donors (Lipinski definition) is 1. The highest BCUT2D eigenvalue weighted by molar-refractivity contribution is 14.1. The number of aromatic nitrogens is 1. The monoisotopic (exact) mass is 473 g/mol. The van der Waals surface area contributed by atoms with E-state index in [0.717, 1.165) is 41.9 Å². The van der Waals surface area contributed by atoms with Crippen molar-refractivity contribution in [3.63, 3.8) is 0 Å². The van der Waals surface area contributed by atoms with Crippen LogP contribution in [-0.4, -0.2) is 4.98 Å². The molecule has 5 aromatic rings. The maximum atomic E-state index is 13.1. The number of nitrogens with one attached hydrogen (secondary N) is 1. The van der Waals surface area contributed by atoms with Crippen molar-refractivity contribution in [2.24, 2.45) is 0 Å². The van der Waals surface area contributed by atoms with Gasteiger partial charge in [-0.25, -0.2) is 0 Å². The van der Waals surface area contributed by atoms with Gasteiger partial charge in [0.2, 0.25) is 0 Å². The second kappa shape index (κ2) is 6.91. The fourth-order valence-electron chi connectivity index (χ4n) is 3.83. The largest absolute Gasteiger partial charge is 0.321 e. The van der Waals surface area contributed by atoms with Gasteiger partial charge in [-0.05, 0) is 50.6 Å². The third-order valence-corrected chi connectivity index (χ3v) is 6.22. The molecule has 134 valence electrons. The summed E-state index contributed by atoms with van der Waals surface area (Å²) >= 11 is 2.39. The molecular weight excluding hydrogens is 457 g/mol. The Hall–Kier alpha value is -2.92. The van der Waals surface area contributed by atoms with Gasteiger partial charge in [-0.2, -0.15) is 0 Å². The average Bonchev–Trinajstić information content (AvgIpc) is 2.75. The molecule has 0 saturated carbocycles. The van der Waals surface area contributed by atoms with E-state index in [1.54, 1.807) is 0 Å². The van der Waals surface area contributed by atoms with Crippen LogP contribution in [-0.2, 0) is 0 Å². The molecule has 5 rings (SSSR count). The lowest BCUT2D eigenvalue weighted by Gasteiger charge is -2.15. The molecule has 0 aliphatic heterocycles. The summed E-state index contributed by atoms with van der Waals surface area (Å²) in [5.74, 6) is 0. The van der Waals surface area contributed by atoms with Gasteiger partial charge in [0.15, 0.2) is 0 Å². The van der Waals surface area contributed by atoms with Crippen molar-refractivity contribution < 1.29 is 0 Å². The minimum atomic E-state index is -0.0509. The predicted octanol–water partition coefficient (Wildman–Crippen LogP) is 6.62. The number of hydrogen-bond acceptors (Lipinski definition) is 1. The van der Waals surface area contributed by atoms with Gasteiger partial charge >= 0.3 is 0 Å². The van der Waals surface area contributed by atoms with Gasteiger partial charge in [-0.3, -0.25) is 4.79 Å². The molecule has 1 aromatic heterocycles. The number of fused-ring (bicyclic) bond motifs is 3. The van der Waals surface area contributed by atoms with Gasteiger partial charge in [-0.15, -0.1) is 0 Å². The van der Waals surface area contributed by atoms with Crippen molar-refractivity contribution in [1.29, 1.82) is 0 Å². The lowest BCUT2D eigenvalue weighted by Crippen LogP contribution is -2.09. The van der Waals surface area contributed by atoms with E-state index in [0.29, 0.717) is 0 Å². The van der Waals surface area contributed by atoms with Crippen molar-refractivity contribution in [2.75, 3.05) is 0 Å². The summed E-state index contributed by atoms with van der Waals surface area (Å²) < 4.78 is 1.10. The van der Waals surface area contributed by atoms with Crippen molar-refractivity contribution >= 4 is 44.1 Å². The van der Waals surface area contributed by atoms with E-state index in [-0.39, 0.29) is 5.56 Å². The molecule has 0 fully saturated rings. The number of benzene rings is 4. The van der Waals surface area contributed by atoms with Gasteiger partial charge in [0, 0.05) is 20.2 Å². The van der Waals surface area contributed by atoms with Crippen LogP contribution >= 0.6 is 22.6 Å². The number of aromatic amines is 1. The zero-order valence-corrected chi connectivity index (χ0v) is 17.1. The topological polar surface area (TPSA) is 32.9 Å². The summed E-state index contributed by atoms with van der Waals surface area (Å²) in [5.41, 5.74) is 4.13. The van der Waals surface area contributed by atoms with E-state index in [2.05, 4.69) is 64.0 Å². The first-order chi connectivity index (χ1) is 13.7. The Balaban J connectivity index is 1.95. The standard InChI is InChI=1S/C25H16INO/c26-24-20-15-21(16-9-3-1-4-10-16)27-25(28)23(20)19-14-8-7-13-18(19)22(24)17-11-5-2-6-12-17/h1-15H,(H,27,28). The van der Waals surface area contributed by atoms with Crippen molar-refractivity contribution in [3.05, 3.63) is 105 Å². The minimum Gasteiger partial charge on any atom is -0.321 e. The van der Waals surface area contributed by atoms with Crippen LogP contribution in [0.1, 0.15) is 0 Å². The van der Waals surface area contributed by atoms with Crippen LogP contribution in [0.15, 0.2) is 95.8 Å². The third kappa shape index (κ3) is 2.74. The van der Waals surface area contributed by atoms with Gasteiger partial charge in [0.1, 0.15) is 0 Å². The molecule has 0 radical (unpaired) electrons. The molecule has 0 amide bonds. The van der Waals surface area contributed by atoms with Crippen LogP contribution in [0, 0.1) is 3.57 Å². The Labute approximate surface area is 176 Å². The Morgan fingerprint density at radius 2 is 1.21 bits per heavy atom. The van der Waals surface area contributed by atoms with E-state index in [9.17, 15) is 4.79 Å². The van der Waals surface area contributed by atoms with Crippen molar-refractivity contribution in [2.45, 2.75) is 0 Å². The summed E-state index contributed by atoms with van der Waals surface area (Å²) in [6.45, 7) is 0. The average molecular weight is 473 g/mol. The highest BCUT2D eigenvalue weighted by Gasteiger charge is 2.17. The SMILES string of the molecule is O=c1[nH]c(-c2ccccc2)cc2c(I)c(-c3ccccc3)c3ccccc3c12. The molecule has 2 nitrogen and oxygen atoms in total. The lowest BCUT2D eigenvalue weighted by atomic mass is 9.93. The minimum absolute atomic E-state index is 0.0509. The number of rotatable bonds is 2. The zero-order valence-electron chi connectivity index (χ0n) is 14.9. The second-order valence-corrected chi connectivity index (χ2v) is 7.85. The smallest absolute Gasteiger partial charge is 0.256 e. The van der Waals surface area contributed by atoms with Crippen LogP contribution in [0.2, 0.25) is 0 Å². The molecule has 1 heterocycles. The lowest BCUT2D eigenvalue weighted by molar-refractivity contribution is 1.28. The highest BCUT2D eigenvalue weighted by atomic mass is 127. The first-order valence-electron chi connectivity index (χ1n) is 9.12. The first kappa shape index (κ1) is 17.2. The normalized spacial score (nSPS) is 11.2. The van der Waals surface area contributed by atoms with E-state index >= 15 is 0 Å². The molecule has 4 aromatic carbocycles. The van der Waals surface area contributed by atoms with Gasteiger partial charge in [0.05, 0.1) is 5.39 Å². The summed E-state index contributed by atoms with van der Waals surface area (Å²) in [5, 5.41) is 3.82. The molecule has 0 saturated heterocycles. The molecule has 3 heteroatoms. The highest BCUT2D eigenvalue weighted by Crippen LogP contribution is 2.39. The number of halogens is 1. The summed E-state index contributed by atoms with van der Waals surface area (Å²) in [6.07, 6.45) is 0. The van der Waals surface area contributed by atoms with Crippen molar-refractivity contribution in [3.8, 4) is 22.4 Å². The molecule has 28 heavy (non-hydrogen) atoms. The molecule has 0 atom stereocenters. The first-order valence-corrected chi connectivity index (χ1v) is 10.2.